The largest absolute Gasteiger partial charge is 0.367 e. The predicted octanol–water partition coefficient (Wildman–Crippen LogP) is 4.81. The summed E-state index contributed by atoms with van der Waals surface area (Å²) in [6.07, 6.45) is 1.83. The molecule has 7 heteroatoms. The minimum atomic E-state index is -0.0911. The number of carbonyl (C=O) groups is 1. The molecule has 1 saturated heterocycles. The Morgan fingerprint density at radius 3 is 2.84 bits per heavy atom. The molecule has 0 spiro atoms. The van der Waals surface area contributed by atoms with Crippen molar-refractivity contribution in [3.63, 3.8) is 0 Å². The minimum absolute atomic E-state index is 0.0604. The molecule has 7 nitrogen and oxygen atoms in total. The number of rotatable bonds is 6. The zero-order chi connectivity index (χ0) is 21.6. The maximum atomic E-state index is 12.8. The molecule has 3 aromatic rings. The van der Waals surface area contributed by atoms with Crippen LogP contribution in [0, 0.1) is 13.8 Å². The maximum Gasteiger partial charge on any atom is 0.321 e. The fraction of sp³-hybridized carbons (Fsp3) is 0.375. The van der Waals surface area contributed by atoms with Crippen LogP contribution in [0.3, 0.4) is 0 Å². The van der Waals surface area contributed by atoms with Gasteiger partial charge in [-0.15, -0.1) is 0 Å². The number of urea groups is 1. The average Bonchev–Trinajstić information content (AvgIpc) is 3.25. The van der Waals surface area contributed by atoms with Crippen molar-refractivity contribution in [2.24, 2.45) is 0 Å². The summed E-state index contributed by atoms with van der Waals surface area (Å²) in [5.41, 5.74) is 4.17. The summed E-state index contributed by atoms with van der Waals surface area (Å²) in [6, 6.07) is 15.9. The van der Waals surface area contributed by atoms with Crippen LogP contribution in [0.15, 0.2) is 53.1 Å². The van der Waals surface area contributed by atoms with Gasteiger partial charge in [-0.1, -0.05) is 53.2 Å². The van der Waals surface area contributed by atoms with Crippen LogP contribution < -0.4 is 5.32 Å². The molecular weight excluding hydrogens is 392 g/mol. The van der Waals surface area contributed by atoms with Crippen LogP contribution in [-0.4, -0.2) is 34.2 Å². The molecule has 1 aliphatic rings. The molecule has 162 valence electrons. The van der Waals surface area contributed by atoms with E-state index in [2.05, 4.69) is 21.5 Å². The van der Waals surface area contributed by atoms with Gasteiger partial charge in [-0.3, -0.25) is 0 Å². The highest BCUT2D eigenvalue weighted by atomic mass is 16.5. The van der Waals surface area contributed by atoms with Crippen molar-refractivity contribution in [3.8, 4) is 0 Å². The second-order valence-corrected chi connectivity index (χ2v) is 8.06. The molecule has 1 unspecified atom stereocenters. The van der Waals surface area contributed by atoms with Crippen LogP contribution in [0.25, 0.3) is 0 Å². The van der Waals surface area contributed by atoms with E-state index in [1.807, 2.05) is 61.2 Å². The molecule has 4 rings (SSSR count). The quantitative estimate of drug-likeness (QED) is 0.619. The Morgan fingerprint density at radius 1 is 1.19 bits per heavy atom. The van der Waals surface area contributed by atoms with E-state index >= 15 is 0 Å². The van der Waals surface area contributed by atoms with Crippen LogP contribution in [0.5, 0.6) is 0 Å². The maximum absolute atomic E-state index is 12.8. The first-order chi connectivity index (χ1) is 15.1. The minimum Gasteiger partial charge on any atom is -0.367 e. The summed E-state index contributed by atoms with van der Waals surface area (Å²) in [5, 5.41) is 7.17. The number of aryl methyl sites for hydroxylation is 2. The monoisotopic (exact) mass is 420 g/mol. The number of ether oxygens (including phenoxy) is 1. The zero-order valence-electron chi connectivity index (χ0n) is 18.0. The first-order valence-corrected chi connectivity index (χ1v) is 10.7. The molecule has 1 N–H and O–H groups in total. The molecule has 31 heavy (non-hydrogen) atoms. The van der Waals surface area contributed by atoms with E-state index in [9.17, 15) is 4.79 Å². The van der Waals surface area contributed by atoms with Gasteiger partial charge >= 0.3 is 6.03 Å². The van der Waals surface area contributed by atoms with E-state index in [0.717, 1.165) is 36.2 Å². The lowest BCUT2D eigenvalue weighted by Gasteiger charge is -2.31. The third kappa shape index (κ3) is 5.49. The number of amides is 2. The van der Waals surface area contributed by atoms with E-state index < -0.39 is 0 Å². The number of aromatic nitrogens is 2. The highest BCUT2D eigenvalue weighted by Crippen LogP contribution is 2.26. The molecular formula is C24H28N4O3. The van der Waals surface area contributed by atoms with Crippen LogP contribution in [0.4, 0.5) is 10.5 Å². The van der Waals surface area contributed by atoms with Gasteiger partial charge in [0.25, 0.3) is 5.89 Å². The van der Waals surface area contributed by atoms with Crippen LogP contribution in [-0.2, 0) is 18.0 Å². The Kier molecular flexibility index (Phi) is 6.62. The van der Waals surface area contributed by atoms with Gasteiger partial charge in [0.2, 0.25) is 0 Å². The molecule has 2 amide bonds. The van der Waals surface area contributed by atoms with Gasteiger partial charge < -0.3 is 19.5 Å². The fourth-order valence-corrected chi connectivity index (χ4v) is 3.84. The highest BCUT2D eigenvalue weighted by molar-refractivity contribution is 5.90. The standard InChI is InChI=1S/C24H28N4O3/c1-17-10-11-21(18(2)13-17)25-24(29)28-12-6-9-20(14-28)23-26-22(31-27-23)16-30-15-19-7-4-3-5-8-19/h3-5,7-8,10-11,13,20H,6,9,12,14-16H2,1-2H3,(H,25,29). The van der Waals surface area contributed by atoms with E-state index in [1.54, 1.807) is 0 Å². The highest BCUT2D eigenvalue weighted by Gasteiger charge is 2.28. The summed E-state index contributed by atoms with van der Waals surface area (Å²) in [4.78, 5) is 19.1. The first-order valence-electron chi connectivity index (χ1n) is 10.7. The van der Waals surface area contributed by atoms with Crippen molar-refractivity contribution in [3.05, 3.63) is 76.9 Å². The molecule has 0 saturated carbocycles. The molecule has 1 atom stereocenters. The van der Waals surface area contributed by atoms with E-state index in [1.165, 1.54) is 5.56 Å². The molecule has 2 heterocycles. The third-order valence-corrected chi connectivity index (χ3v) is 5.52. The molecule has 1 aliphatic heterocycles. The molecule has 1 fully saturated rings. The van der Waals surface area contributed by atoms with Crippen molar-refractivity contribution in [1.29, 1.82) is 0 Å². The molecule has 0 aliphatic carbocycles. The lowest BCUT2D eigenvalue weighted by atomic mass is 9.97. The number of anilines is 1. The Labute approximate surface area is 182 Å². The number of carbonyl (C=O) groups excluding carboxylic acids is 1. The van der Waals surface area contributed by atoms with Gasteiger partial charge in [0.1, 0.15) is 6.61 Å². The Morgan fingerprint density at radius 2 is 2.03 bits per heavy atom. The zero-order valence-corrected chi connectivity index (χ0v) is 18.0. The van der Waals surface area contributed by atoms with Crippen molar-refractivity contribution in [2.75, 3.05) is 18.4 Å². The molecule has 0 radical (unpaired) electrons. The number of benzene rings is 2. The summed E-state index contributed by atoms with van der Waals surface area (Å²) in [5.74, 6) is 1.16. The SMILES string of the molecule is Cc1ccc(NC(=O)N2CCCC(c3noc(COCc4ccccc4)n3)C2)c(C)c1. The number of hydrogen-bond acceptors (Lipinski definition) is 5. The van der Waals surface area contributed by atoms with Crippen molar-refractivity contribution in [1.82, 2.24) is 15.0 Å². The number of likely N-dealkylation sites (tertiary alicyclic amines) is 1. The molecule has 1 aromatic heterocycles. The van der Waals surface area contributed by atoms with Gasteiger partial charge in [-0.25, -0.2) is 4.79 Å². The van der Waals surface area contributed by atoms with Gasteiger partial charge in [0.15, 0.2) is 5.82 Å². The average molecular weight is 421 g/mol. The van der Waals surface area contributed by atoms with E-state index in [-0.39, 0.29) is 18.6 Å². The Bertz CT molecular complexity index is 1020. The number of piperidine rings is 1. The van der Waals surface area contributed by atoms with Crippen LogP contribution >= 0.6 is 0 Å². The number of nitrogens with zero attached hydrogens (tertiary/aromatic N) is 3. The van der Waals surface area contributed by atoms with Crippen molar-refractivity contribution >= 4 is 11.7 Å². The van der Waals surface area contributed by atoms with Crippen molar-refractivity contribution < 1.29 is 14.1 Å². The van der Waals surface area contributed by atoms with Crippen molar-refractivity contribution in [2.45, 2.75) is 45.8 Å². The summed E-state index contributed by atoms with van der Waals surface area (Å²) < 4.78 is 11.0. The molecule has 0 bridgehead atoms. The van der Waals surface area contributed by atoms with Gasteiger partial charge in [0, 0.05) is 24.7 Å². The lowest BCUT2D eigenvalue weighted by molar-refractivity contribution is 0.0850. The summed E-state index contributed by atoms with van der Waals surface area (Å²) in [6.45, 7) is 6.10. The topological polar surface area (TPSA) is 80.5 Å². The number of nitrogens with one attached hydrogen (secondary N) is 1. The second kappa shape index (κ2) is 9.75. The Hall–Kier alpha value is -3.19. The number of hydrogen-bond donors (Lipinski definition) is 1. The normalized spacial score (nSPS) is 16.3. The van der Waals surface area contributed by atoms with Gasteiger partial charge in [-0.2, -0.15) is 4.98 Å². The molecule has 2 aromatic carbocycles. The van der Waals surface area contributed by atoms with E-state index in [4.69, 9.17) is 9.26 Å². The van der Waals surface area contributed by atoms with E-state index in [0.29, 0.717) is 24.9 Å². The fourth-order valence-electron chi connectivity index (χ4n) is 3.84. The second-order valence-electron chi connectivity index (χ2n) is 8.06. The van der Waals surface area contributed by atoms with Crippen LogP contribution in [0.2, 0.25) is 0 Å². The van der Waals surface area contributed by atoms with Crippen LogP contribution in [0.1, 0.15) is 47.2 Å². The predicted molar refractivity (Wildman–Crippen MR) is 118 cm³/mol. The summed E-state index contributed by atoms with van der Waals surface area (Å²) in [7, 11) is 0. The lowest BCUT2D eigenvalue weighted by Crippen LogP contribution is -2.42. The van der Waals surface area contributed by atoms with Gasteiger partial charge in [0.05, 0.1) is 6.61 Å². The third-order valence-electron chi connectivity index (χ3n) is 5.52. The first kappa shape index (κ1) is 21.1. The smallest absolute Gasteiger partial charge is 0.321 e. The summed E-state index contributed by atoms with van der Waals surface area (Å²) >= 11 is 0. The van der Waals surface area contributed by atoms with Gasteiger partial charge in [-0.05, 0) is 43.9 Å². The Balaban J connectivity index is 1.31.